The second-order valence-corrected chi connectivity index (χ2v) is 7.26. The molecule has 2 aromatic rings. The monoisotopic (exact) mass is 310 g/mol. The van der Waals surface area contributed by atoms with E-state index in [9.17, 15) is 10.2 Å². The number of fused-ring (bicyclic) bond motifs is 4. The van der Waals surface area contributed by atoms with Crippen molar-refractivity contribution in [1.29, 1.82) is 0 Å². The third-order valence-corrected chi connectivity index (χ3v) is 6.41. The summed E-state index contributed by atoms with van der Waals surface area (Å²) in [5.74, 6) is 1.17. The summed E-state index contributed by atoms with van der Waals surface area (Å²) in [6.07, 6.45) is 4.31. The van der Waals surface area contributed by atoms with Gasteiger partial charge in [0, 0.05) is 41.7 Å². The molecule has 0 saturated carbocycles. The summed E-state index contributed by atoms with van der Waals surface area (Å²) < 4.78 is 0. The van der Waals surface area contributed by atoms with Gasteiger partial charge in [-0.05, 0) is 49.4 Å². The quantitative estimate of drug-likeness (QED) is 0.710. The molecule has 4 bridgehead atoms. The molecule has 0 radical (unpaired) electrons. The Labute approximate surface area is 135 Å². The number of H-pyrrole nitrogens is 1. The summed E-state index contributed by atoms with van der Waals surface area (Å²) in [6.45, 7) is 3.42. The average molecular weight is 310 g/mol. The van der Waals surface area contributed by atoms with Gasteiger partial charge in [0.05, 0.1) is 6.04 Å². The molecule has 0 aliphatic carbocycles. The van der Waals surface area contributed by atoms with E-state index < -0.39 is 0 Å². The van der Waals surface area contributed by atoms with E-state index in [1.54, 1.807) is 6.07 Å². The second-order valence-electron chi connectivity index (χ2n) is 7.26. The number of piperidine rings is 3. The van der Waals surface area contributed by atoms with E-state index in [2.05, 4.69) is 22.9 Å². The van der Waals surface area contributed by atoms with Crippen LogP contribution in [0.3, 0.4) is 0 Å². The topological polar surface area (TPSA) is 59.5 Å². The predicted octanol–water partition coefficient (Wildman–Crippen LogP) is 2.73. The summed E-state index contributed by atoms with van der Waals surface area (Å²) in [6, 6.07) is 6.44. The van der Waals surface area contributed by atoms with Gasteiger partial charge in [0.2, 0.25) is 0 Å². The van der Waals surface area contributed by atoms with Crippen LogP contribution in [0.4, 0.5) is 0 Å². The van der Waals surface area contributed by atoms with Gasteiger partial charge < -0.3 is 15.2 Å². The maximum absolute atomic E-state index is 9.99. The number of aromatic nitrogens is 1. The van der Waals surface area contributed by atoms with Gasteiger partial charge in [0.25, 0.3) is 0 Å². The lowest BCUT2D eigenvalue weighted by Gasteiger charge is -2.58. The number of allylic oxidation sites excluding steroid dienone is 1. The highest BCUT2D eigenvalue weighted by Gasteiger charge is 2.52. The molecule has 3 fully saturated rings. The third kappa shape index (κ3) is 1.68. The molecule has 0 spiro atoms. The molecule has 0 amide bonds. The Kier molecular flexibility index (Phi) is 2.74. The number of aliphatic hydroxyl groups excluding tert-OH is 1. The van der Waals surface area contributed by atoms with Gasteiger partial charge in [-0.1, -0.05) is 11.6 Å². The lowest BCUT2D eigenvalue weighted by atomic mass is 9.64. The van der Waals surface area contributed by atoms with Gasteiger partial charge in [-0.15, -0.1) is 0 Å². The van der Waals surface area contributed by atoms with Crippen molar-refractivity contribution >= 4 is 10.9 Å². The lowest BCUT2D eigenvalue weighted by Crippen LogP contribution is -2.60. The van der Waals surface area contributed by atoms with Crippen LogP contribution in [0.2, 0.25) is 0 Å². The maximum atomic E-state index is 9.99. The zero-order chi connectivity index (χ0) is 15.7. The first-order valence-electron chi connectivity index (χ1n) is 8.56. The van der Waals surface area contributed by atoms with Crippen molar-refractivity contribution in [1.82, 2.24) is 9.88 Å². The average Bonchev–Trinajstić information content (AvgIpc) is 2.92. The van der Waals surface area contributed by atoms with Crippen molar-refractivity contribution in [3.05, 3.63) is 41.1 Å². The largest absolute Gasteiger partial charge is 0.508 e. The summed E-state index contributed by atoms with van der Waals surface area (Å²) in [7, 11) is 0. The standard InChI is InChI=1S/C19H22N2O2/c1-2-10-8-21-17-7-14-13-5-11(23)3-4-16(13)20-19(14)18(21)6-12(10)15(17)9-22/h2-5,12,15,17-18,20,22-23H,6-9H2,1H3/t12-,15+,17-,18-/m0/s1. The third-order valence-electron chi connectivity index (χ3n) is 6.41. The molecule has 3 saturated heterocycles. The molecule has 5 atom stereocenters. The fourth-order valence-electron chi connectivity index (χ4n) is 5.35. The first kappa shape index (κ1) is 13.6. The number of aromatic amines is 1. The van der Waals surface area contributed by atoms with Gasteiger partial charge in [-0.3, -0.25) is 4.90 Å². The number of phenolic OH excluding ortho intramolecular Hbond substituents is 1. The first-order chi connectivity index (χ1) is 11.2. The van der Waals surface area contributed by atoms with Gasteiger partial charge in [-0.25, -0.2) is 0 Å². The highest BCUT2D eigenvalue weighted by Crippen LogP contribution is 2.54. The number of hydrogen-bond acceptors (Lipinski definition) is 3. The van der Waals surface area contributed by atoms with Gasteiger partial charge >= 0.3 is 0 Å². The molecule has 120 valence electrons. The molecule has 1 aromatic heterocycles. The Hall–Kier alpha value is -1.78. The van der Waals surface area contributed by atoms with E-state index in [1.807, 2.05) is 12.1 Å². The van der Waals surface area contributed by atoms with E-state index in [1.165, 1.54) is 16.8 Å². The van der Waals surface area contributed by atoms with Crippen molar-refractivity contribution < 1.29 is 10.2 Å². The molecule has 3 N–H and O–H groups in total. The van der Waals surface area contributed by atoms with Crippen LogP contribution in [0, 0.1) is 11.8 Å². The zero-order valence-electron chi connectivity index (χ0n) is 13.3. The van der Waals surface area contributed by atoms with E-state index >= 15 is 0 Å². The molecule has 1 unspecified atom stereocenters. The smallest absolute Gasteiger partial charge is 0.116 e. The van der Waals surface area contributed by atoms with Gasteiger partial charge in [0.1, 0.15) is 5.75 Å². The van der Waals surface area contributed by atoms with Crippen LogP contribution in [0.1, 0.15) is 30.6 Å². The van der Waals surface area contributed by atoms with E-state index in [0.717, 1.165) is 30.3 Å². The normalized spacial score (nSPS) is 36.6. The fraction of sp³-hybridized carbons (Fsp3) is 0.474. The molecule has 4 aliphatic heterocycles. The van der Waals surface area contributed by atoms with E-state index in [-0.39, 0.29) is 6.61 Å². The number of hydrogen-bond donors (Lipinski definition) is 3. The zero-order valence-corrected chi connectivity index (χ0v) is 13.3. The Morgan fingerprint density at radius 1 is 1.39 bits per heavy atom. The minimum atomic E-state index is 0.263. The van der Waals surface area contributed by atoms with Crippen LogP contribution >= 0.6 is 0 Å². The number of aliphatic hydroxyl groups is 1. The van der Waals surface area contributed by atoms with Crippen LogP contribution in [-0.4, -0.2) is 39.3 Å². The van der Waals surface area contributed by atoms with Gasteiger partial charge in [0.15, 0.2) is 0 Å². The number of nitrogens with one attached hydrogen (secondary N) is 1. The van der Waals surface area contributed by atoms with Crippen molar-refractivity contribution in [2.75, 3.05) is 13.2 Å². The molecule has 1 aromatic carbocycles. The van der Waals surface area contributed by atoms with Gasteiger partial charge in [-0.2, -0.15) is 0 Å². The minimum absolute atomic E-state index is 0.263. The molecular formula is C19H22N2O2. The van der Waals surface area contributed by atoms with Crippen molar-refractivity contribution in [3.8, 4) is 5.75 Å². The van der Waals surface area contributed by atoms with Crippen LogP contribution in [0.25, 0.3) is 10.9 Å². The van der Waals surface area contributed by atoms with Crippen LogP contribution in [0.5, 0.6) is 5.75 Å². The lowest BCUT2D eigenvalue weighted by molar-refractivity contribution is -0.0503. The number of benzene rings is 1. The first-order valence-corrected chi connectivity index (χ1v) is 8.56. The number of aromatic hydroxyl groups is 1. The second kappa shape index (κ2) is 4.62. The van der Waals surface area contributed by atoms with Crippen molar-refractivity contribution in [2.24, 2.45) is 11.8 Å². The van der Waals surface area contributed by atoms with E-state index in [0.29, 0.717) is 29.7 Å². The van der Waals surface area contributed by atoms with E-state index in [4.69, 9.17) is 0 Å². The molecule has 6 rings (SSSR count). The van der Waals surface area contributed by atoms with Crippen LogP contribution in [0.15, 0.2) is 29.8 Å². The predicted molar refractivity (Wildman–Crippen MR) is 89.3 cm³/mol. The molecule has 4 heteroatoms. The van der Waals surface area contributed by atoms with Crippen LogP contribution in [-0.2, 0) is 6.42 Å². The summed E-state index contributed by atoms with van der Waals surface area (Å²) in [4.78, 5) is 6.21. The Morgan fingerprint density at radius 3 is 3.04 bits per heavy atom. The summed E-state index contributed by atoms with van der Waals surface area (Å²) >= 11 is 0. The summed E-state index contributed by atoms with van der Waals surface area (Å²) in [5, 5.41) is 21.0. The number of rotatable bonds is 1. The molecular weight excluding hydrogens is 288 g/mol. The Balaban J connectivity index is 1.68. The Bertz CT molecular complexity index is 822. The minimum Gasteiger partial charge on any atom is -0.508 e. The highest BCUT2D eigenvalue weighted by atomic mass is 16.3. The highest BCUT2D eigenvalue weighted by molar-refractivity contribution is 5.86. The SMILES string of the molecule is CC=C1CN2[C@H]3C[C@@H]1[C@@H](CO)[C@@H]2Cc1c3[nH]c2ccc(O)cc12. The van der Waals surface area contributed by atoms with Crippen molar-refractivity contribution in [3.63, 3.8) is 0 Å². The Morgan fingerprint density at radius 2 is 2.26 bits per heavy atom. The number of phenols is 1. The molecule has 5 heterocycles. The number of nitrogens with zero attached hydrogens (tertiary/aromatic N) is 1. The molecule has 4 nitrogen and oxygen atoms in total. The fourth-order valence-corrected chi connectivity index (χ4v) is 5.35. The maximum Gasteiger partial charge on any atom is 0.116 e. The molecule has 4 aliphatic rings. The van der Waals surface area contributed by atoms with Crippen molar-refractivity contribution in [2.45, 2.75) is 31.8 Å². The van der Waals surface area contributed by atoms with Crippen LogP contribution < -0.4 is 0 Å². The summed E-state index contributed by atoms with van der Waals surface area (Å²) in [5.41, 5.74) is 5.29. The molecule has 23 heavy (non-hydrogen) atoms.